The van der Waals surface area contributed by atoms with E-state index in [2.05, 4.69) is 10.2 Å². The van der Waals surface area contributed by atoms with Gasteiger partial charge in [-0.05, 0) is 44.0 Å². The number of halogens is 1. The van der Waals surface area contributed by atoms with Crippen LogP contribution in [0.3, 0.4) is 0 Å². The molecule has 1 saturated heterocycles. The lowest BCUT2D eigenvalue weighted by atomic mass is 10.1. The average Bonchev–Trinajstić information content (AvgIpc) is 2.67. The Morgan fingerprint density at radius 3 is 2.23 bits per heavy atom. The zero-order valence-corrected chi connectivity index (χ0v) is 18.4. The molecule has 1 heterocycles. The predicted octanol–water partition coefficient (Wildman–Crippen LogP) is 3.09. The van der Waals surface area contributed by atoms with E-state index in [1.54, 1.807) is 12.1 Å². The number of hydrogen-bond acceptors (Lipinski definition) is 4. The zero-order chi connectivity index (χ0) is 21.9. The number of nitrogens with zero attached hydrogens (tertiary/aromatic N) is 2. The van der Waals surface area contributed by atoms with Crippen LogP contribution >= 0.6 is 0 Å². The Kier molecular flexibility index (Phi) is 6.90. The number of piperazine rings is 1. The molecule has 0 spiro atoms. The van der Waals surface area contributed by atoms with Gasteiger partial charge in [-0.2, -0.15) is 4.31 Å². The number of carbonyl (C=O) groups excluding carboxylic acids is 1. The monoisotopic (exact) mass is 433 g/mol. The normalized spacial score (nSPS) is 15.9. The van der Waals surface area contributed by atoms with E-state index >= 15 is 0 Å². The van der Waals surface area contributed by atoms with Crippen molar-refractivity contribution in [3.05, 3.63) is 58.9 Å². The van der Waals surface area contributed by atoms with Crippen LogP contribution in [0, 0.1) is 26.6 Å². The number of para-hydroxylation sites is 1. The number of rotatable bonds is 6. The summed E-state index contributed by atoms with van der Waals surface area (Å²) in [6.45, 7) is 7.98. The van der Waals surface area contributed by atoms with Crippen molar-refractivity contribution in [1.82, 2.24) is 9.21 Å². The summed E-state index contributed by atoms with van der Waals surface area (Å²) in [6, 6.07) is 9.83. The molecule has 1 amide bonds. The van der Waals surface area contributed by atoms with Crippen LogP contribution in [0.1, 0.15) is 23.1 Å². The minimum Gasteiger partial charge on any atom is -0.324 e. The van der Waals surface area contributed by atoms with Gasteiger partial charge in [0.2, 0.25) is 15.9 Å². The molecule has 162 valence electrons. The highest BCUT2D eigenvalue weighted by molar-refractivity contribution is 7.89. The number of anilines is 1. The molecule has 1 aliphatic heterocycles. The van der Waals surface area contributed by atoms with Gasteiger partial charge in [0.15, 0.2) is 0 Å². The molecule has 30 heavy (non-hydrogen) atoms. The van der Waals surface area contributed by atoms with Crippen LogP contribution in [0.15, 0.2) is 41.3 Å². The highest BCUT2D eigenvalue weighted by atomic mass is 32.2. The van der Waals surface area contributed by atoms with Gasteiger partial charge in [0.1, 0.15) is 5.82 Å². The first-order valence-electron chi connectivity index (χ1n) is 10.0. The van der Waals surface area contributed by atoms with Crippen molar-refractivity contribution in [3.63, 3.8) is 0 Å². The minimum atomic E-state index is -3.55. The second-order valence-electron chi connectivity index (χ2n) is 7.75. The molecule has 1 fully saturated rings. The van der Waals surface area contributed by atoms with Crippen LogP contribution in [0.25, 0.3) is 0 Å². The van der Waals surface area contributed by atoms with Crippen LogP contribution in [0.5, 0.6) is 0 Å². The lowest BCUT2D eigenvalue weighted by Crippen LogP contribution is -2.49. The van der Waals surface area contributed by atoms with E-state index in [4.69, 9.17) is 0 Å². The Balaban J connectivity index is 1.55. The van der Waals surface area contributed by atoms with Gasteiger partial charge in [-0.1, -0.05) is 29.8 Å². The van der Waals surface area contributed by atoms with Gasteiger partial charge in [0.25, 0.3) is 0 Å². The molecule has 0 unspecified atom stereocenters. The molecule has 2 aromatic carbocycles. The number of hydrogen-bond donors (Lipinski definition) is 1. The molecule has 0 saturated carbocycles. The second kappa shape index (κ2) is 9.24. The molecular weight excluding hydrogens is 405 g/mol. The molecule has 2 aromatic rings. The lowest BCUT2D eigenvalue weighted by molar-refractivity contribution is -0.116. The van der Waals surface area contributed by atoms with Crippen LogP contribution in [-0.2, 0) is 14.8 Å². The minimum absolute atomic E-state index is 0.169. The Labute approximate surface area is 177 Å². The summed E-state index contributed by atoms with van der Waals surface area (Å²) in [7, 11) is -3.55. The third-order valence-corrected chi connectivity index (χ3v) is 7.54. The maximum Gasteiger partial charge on any atom is 0.243 e. The molecule has 0 aliphatic carbocycles. The van der Waals surface area contributed by atoms with Crippen molar-refractivity contribution in [3.8, 4) is 0 Å². The first-order chi connectivity index (χ1) is 14.2. The Morgan fingerprint density at radius 1 is 1.03 bits per heavy atom. The smallest absolute Gasteiger partial charge is 0.243 e. The fraction of sp³-hybridized carbons (Fsp3) is 0.409. The standard InChI is InChI=1S/C22H28FN3O3S/c1-16-14-17(2)22(18(3)15-16)30(28,29)26-12-10-25(11-13-26)9-8-21(27)24-20-7-5-4-6-19(20)23/h4-7,14-15H,8-13H2,1-3H3,(H,24,27). The maximum absolute atomic E-state index is 13.6. The van der Waals surface area contributed by atoms with E-state index in [9.17, 15) is 17.6 Å². The molecule has 6 nitrogen and oxygen atoms in total. The number of nitrogens with one attached hydrogen (secondary N) is 1. The Hall–Kier alpha value is -2.29. The molecule has 1 aliphatic rings. The number of sulfonamides is 1. The topological polar surface area (TPSA) is 69.7 Å². The van der Waals surface area contributed by atoms with E-state index in [0.29, 0.717) is 37.6 Å². The van der Waals surface area contributed by atoms with Gasteiger partial charge in [-0.15, -0.1) is 0 Å². The number of carbonyl (C=O) groups is 1. The van der Waals surface area contributed by atoms with E-state index < -0.39 is 15.8 Å². The number of aryl methyl sites for hydroxylation is 3. The van der Waals surface area contributed by atoms with E-state index in [1.165, 1.54) is 16.4 Å². The zero-order valence-electron chi connectivity index (χ0n) is 17.6. The molecule has 0 radical (unpaired) electrons. The summed E-state index contributed by atoms with van der Waals surface area (Å²) in [6.07, 6.45) is 0.220. The SMILES string of the molecule is Cc1cc(C)c(S(=O)(=O)N2CCN(CCC(=O)Nc3ccccc3F)CC2)c(C)c1. The summed E-state index contributed by atoms with van der Waals surface area (Å²) in [5.41, 5.74) is 2.74. The third-order valence-electron chi connectivity index (χ3n) is 5.34. The molecule has 0 aromatic heterocycles. The van der Waals surface area contributed by atoms with E-state index in [-0.39, 0.29) is 18.0 Å². The molecular formula is C22H28FN3O3S. The quantitative estimate of drug-likeness (QED) is 0.760. The number of benzene rings is 2. The van der Waals surface area contributed by atoms with Crippen molar-refractivity contribution in [2.24, 2.45) is 0 Å². The summed E-state index contributed by atoms with van der Waals surface area (Å²) >= 11 is 0. The van der Waals surface area contributed by atoms with Gasteiger partial charge < -0.3 is 10.2 Å². The van der Waals surface area contributed by atoms with Crippen molar-refractivity contribution < 1.29 is 17.6 Å². The Morgan fingerprint density at radius 2 is 1.63 bits per heavy atom. The molecule has 0 bridgehead atoms. The van der Waals surface area contributed by atoms with Gasteiger partial charge in [0.05, 0.1) is 10.6 Å². The van der Waals surface area contributed by atoms with Crippen molar-refractivity contribution in [1.29, 1.82) is 0 Å². The number of amides is 1. The van der Waals surface area contributed by atoms with Crippen LogP contribution < -0.4 is 5.32 Å². The van der Waals surface area contributed by atoms with Crippen LogP contribution in [-0.4, -0.2) is 56.3 Å². The highest BCUT2D eigenvalue weighted by Crippen LogP contribution is 2.26. The highest BCUT2D eigenvalue weighted by Gasteiger charge is 2.30. The summed E-state index contributed by atoms with van der Waals surface area (Å²) in [4.78, 5) is 14.6. The fourth-order valence-corrected chi connectivity index (χ4v) is 5.77. The molecule has 8 heteroatoms. The average molecular weight is 434 g/mol. The van der Waals surface area contributed by atoms with Crippen molar-refractivity contribution in [2.45, 2.75) is 32.1 Å². The van der Waals surface area contributed by atoms with Crippen LogP contribution in [0.4, 0.5) is 10.1 Å². The van der Waals surface area contributed by atoms with Gasteiger partial charge in [-0.3, -0.25) is 4.79 Å². The van der Waals surface area contributed by atoms with Crippen LogP contribution in [0.2, 0.25) is 0 Å². The maximum atomic E-state index is 13.6. The lowest BCUT2D eigenvalue weighted by Gasteiger charge is -2.34. The van der Waals surface area contributed by atoms with Crippen molar-refractivity contribution >= 4 is 21.6 Å². The molecule has 0 atom stereocenters. The largest absolute Gasteiger partial charge is 0.324 e. The van der Waals surface area contributed by atoms with Crippen molar-refractivity contribution in [2.75, 3.05) is 38.0 Å². The molecule has 1 N–H and O–H groups in total. The second-order valence-corrected chi connectivity index (χ2v) is 9.63. The van der Waals surface area contributed by atoms with Gasteiger partial charge in [-0.25, -0.2) is 12.8 Å². The predicted molar refractivity (Wildman–Crippen MR) is 115 cm³/mol. The first-order valence-corrected chi connectivity index (χ1v) is 11.5. The van der Waals surface area contributed by atoms with Gasteiger partial charge >= 0.3 is 0 Å². The summed E-state index contributed by atoms with van der Waals surface area (Å²) in [5.74, 6) is -0.729. The Bertz CT molecular complexity index is 1010. The summed E-state index contributed by atoms with van der Waals surface area (Å²) in [5, 5.41) is 2.57. The first kappa shape index (κ1) is 22.4. The van der Waals surface area contributed by atoms with Gasteiger partial charge in [0, 0.05) is 39.1 Å². The fourth-order valence-electron chi connectivity index (χ4n) is 3.93. The molecule has 3 rings (SSSR count). The van der Waals surface area contributed by atoms with E-state index in [1.807, 2.05) is 32.9 Å². The van der Waals surface area contributed by atoms with E-state index in [0.717, 1.165) is 16.7 Å². The third kappa shape index (κ3) is 5.06. The summed E-state index contributed by atoms with van der Waals surface area (Å²) < 4.78 is 41.5.